The van der Waals surface area contributed by atoms with Crippen LogP contribution in [0.4, 0.5) is 5.69 Å². The van der Waals surface area contributed by atoms with Crippen LogP contribution in [0.15, 0.2) is 53.4 Å². The van der Waals surface area contributed by atoms with E-state index in [0.29, 0.717) is 28.7 Å². The van der Waals surface area contributed by atoms with Crippen LogP contribution in [-0.4, -0.2) is 27.9 Å². The van der Waals surface area contributed by atoms with E-state index in [-0.39, 0.29) is 10.8 Å². The Labute approximate surface area is 179 Å². The molecule has 0 saturated heterocycles. The molecule has 0 unspecified atom stereocenters. The third kappa shape index (κ3) is 6.21. The Kier molecular flexibility index (Phi) is 8.53. The highest BCUT2D eigenvalue weighted by Crippen LogP contribution is 2.23. The second kappa shape index (κ2) is 10.6. The molecule has 0 heterocycles. The molecule has 0 bridgehead atoms. The Bertz CT molecular complexity index is 897. The number of rotatable bonds is 10. The van der Waals surface area contributed by atoms with Crippen molar-refractivity contribution >= 4 is 33.2 Å². The summed E-state index contributed by atoms with van der Waals surface area (Å²) in [5.74, 6) is 0.337. The van der Waals surface area contributed by atoms with Gasteiger partial charge in [0, 0.05) is 24.2 Å². The van der Waals surface area contributed by atoms with E-state index < -0.39 is 10.0 Å². The van der Waals surface area contributed by atoms with Gasteiger partial charge in [-0.3, -0.25) is 9.10 Å². The van der Waals surface area contributed by atoms with Crippen LogP contribution >= 0.6 is 11.6 Å². The zero-order valence-electron chi connectivity index (χ0n) is 17.2. The fraction of sp³-hybridized carbons (Fsp3) is 0.409. The first kappa shape index (κ1) is 23.2. The second-order valence-electron chi connectivity index (χ2n) is 7.10. The van der Waals surface area contributed by atoms with Crippen molar-refractivity contribution in [1.29, 1.82) is 0 Å². The number of hydrogen-bond acceptors (Lipinski definition) is 3. The van der Waals surface area contributed by atoms with Crippen molar-refractivity contribution in [2.24, 2.45) is 5.92 Å². The quantitative estimate of drug-likeness (QED) is 0.562. The van der Waals surface area contributed by atoms with Crippen molar-refractivity contribution in [3.05, 3.63) is 59.1 Å². The van der Waals surface area contributed by atoms with Crippen molar-refractivity contribution in [3.63, 3.8) is 0 Å². The first-order valence-corrected chi connectivity index (χ1v) is 11.7. The van der Waals surface area contributed by atoms with Gasteiger partial charge in [0.2, 0.25) is 0 Å². The van der Waals surface area contributed by atoms with Crippen LogP contribution < -0.4 is 9.62 Å². The van der Waals surface area contributed by atoms with Gasteiger partial charge in [-0.25, -0.2) is 8.42 Å². The maximum Gasteiger partial charge on any atom is 0.264 e. The largest absolute Gasteiger partial charge is 0.352 e. The summed E-state index contributed by atoms with van der Waals surface area (Å²) in [7, 11) is -2.22. The SMILES string of the molecule is CCCC[C@@H](CC)CNC(=O)c1ccc(N(C)S(=O)(=O)c2ccc(Cl)cc2)cc1. The van der Waals surface area contributed by atoms with Gasteiger partial charge in [0.05, 0.1) is 10.6 Å². The molecule has 1 atom stereocenters. The van der Waals surface area contributed by atoms with Crippen molar-refractivity contribution in [2.75, 3.05) is 17.9 Å². The Hall–Kier alpha value is -2.05. The van der Waals surface area contributed by atoms with E-state index in [9.17, 15) is 13.2 Å². The summed E-state index contributed by atoms with van der Waals surface area (Å²) in [6.45, 7) is 4.96. The van der Waals surface area contributed by atoms with Crippen LogP contribution in [0.1, 0.15) is 49.9 Å². The fourth-order valence-electron chi connectivity index (χ4n) is 3.01. The standard InChI is InChI=1S/C22H29ClN2O3S/c1-4-6-7-17(5-2)16-24-22(26)18-8-12-20(13-9-18)25(3)29(27,28)21-14-10-19(23)11-15-21/h8-15,17H,4-7,16H2,1-3H3,(H,24,26)/t17-/m1/s1. The van der Waals surface area contributed by atoms with Gasteiger partial charge in [-0.2, -0.15) is 0 Å². The van der Waals surface area contributed by atoms with Crippen LogP contribution in [0.5, 0.6) is 0 Å². The van der Waals surface area contributed by atoms with Gasteiger partial charge in [0.15, 0.2) is 0 Å². The number of sulfonamides is 1. The van der Waals surface area contributed by atoms with E-state index in [1.54, 1.807) is 36.4 Å². The number of anilines is 1. The first-order valence-electron chi connectivity index (χ1n) is 9.92. The predicted octanol–water partition coefficient (Wildman–Crippen LogP) is 5.11. The van der Waals surface area contributed by atoms with E-state index >= 15 is 0 Å². The molecule has 0 aliphatic heterocycles. The zero-order valence-corrected chi connectivity index (χ0v) is 18.8. The molecule has 29 heavy (non-hydrogen) atoms. The number of halogens is 1. The molecule has 2 aromatic rings. The molecule has 1 N–H and O–H groups in total. The minimum absolute atomic E-state index is 0.144. The second-order valence-corrected chi connectivity index (χ2v) is 9.51. The van der Waals surface area contributed by atoms with Crippen LogP contribution in [0.3, 0.4) is 0 Å². The van der Waals surface area contributed by atoms with Crippen molar-refractivity contribution in [1.82, 2.24) is 5.32 Å². The highest BCUT2D eigenvalue weighted by molar-refractivity contribution is 7.92. The summed E-state index contributed by atoms with van der Waals surface area (Å²) in [6.07, 6.45) is 4.46. The maximum absolute atomic E-state index is 12.8. The van der Waals surface area contributed by atoms with Gasteiger partial charge in [0.25, 0.3) is 15.9 Å². The number of benzene rings is 2. The van der Waals surface area contributed by atoms with Crippen LogP contribution in [0, 0.1) is 5.92 Å². The van der Waals surface area contributed by atoms with Crippen LogP contribution in [0.2, 0.25) is 5.02 Å². The van der Waals surface area contributed by atoms with Crippen LogP contribution in [0.25, 0.3) is 0 Å². The third-order valence-corrected chi connectivity index (χ3v) is 7.11. The van der Waals surface area contributed by atoms with Crippen molar-refractivity contribution < 1.29 is 13.2 Å². The summed E-state index contributed by atoms with van der Waals surface area (Å²) in [6, 6.07) is 12.6. The van der Waals surface area contributed by atoms with E-state index in [4.69, 9.17) is 11.6 Å². The molecule has 7 heteroatoms. The average molecular weight is 437 g/mol. The highest BCUT2D eigenvalue weighted by Gasteiger charge is 2.21. The summed E-state index contributed by atoms with van der Waals surface area (Å²) < 4.78 is 26.7. The summed E-state index contributed by atoms with van der Waals surface area (Å²) in [5.41, 5.74) is 0.988. The first-order chi connectivity index (χ1) is 13.8. The lowest BCUT2D eigenvalue weighted by atomic mass is 9.99. The van der Waals surface area contributed by atoms with E-state index in [0.717, 1.165) is 25.7 Å². The van der Waals surface area contributed by atoms with Crippen molar-refractivity contribution in [3.8, 4) is 0 Å². The van der Waals surface area contributed by atoms with Gasteiger partial charge >= 0.3 is 0 Å². The molecule has 2 aromatic carbocycles. The van der Waals surface area contributed by atoms with Gasteiger partial charge in [-0.1, -0.05) is 44.7 Å². The normalized spacial score (nSPS) is 12.4. The van der Waals surface area contributed by atoms with Crippen LogP contribution in [-0.2, 0) is 10.0 Å². The topological polar surface area (TPSA) is 66.5 Å². The summed E-state index contributed by atoms with van der Waals surface area (Å²) in [4.78, 5) is 12.6. The van der Waals surface area contributed by atoms with Gasteiger partial charge < -0.3 is 5.32 Å². The van der Waals surface area contributed by atoms with Gasteiger partial charge in [-0.05, 0) is 60.9 Å². The number of nitrogens with zero attached hydrogens (tertiary/aromatic N) is 1. The number of carbonyl (C=O) groups excluding carboxylic acids is 1. The molecule has 2 rings (SSSR count). The molecule has 5 nitrogen and oxygen atoms in total. The molecule has 0 fully saturated rings. The lowest BCUT2D eigenvalue weighted by Gasteiger charge is -2.20. The number of nitrogens with one attached hydrogen (secondary N) is 1. The zero-order chi connectivity index (χ0) is 21.4. The monoisotopic (exact) mass is 436 g/mol. The lowest BCUT2D eigenvalue weighted by molar-refractivity contribution is 0.0946. The molecule has 0 spiro atoms. The number of amides is 1. The Morgan fingerprint density at radius 2 is 1.69 bits per heavy atom. The molecule has 0 saturated carbocycles. The molecule has 1 amide bonds. The molecule has 0 aliphatic rings. The smallest absolute Gasteiger partial charge is 0.264 e. The molecular formula is C22H29ClN2O3S. The molecule has 0 aliphatic carbocycles. The Morgan fingerprint density at radius 1 is 1.07 bits per heavy atom. The van der Waals surface area contributed by atoms with Crippen molar-refractivity contribution in [2.45, 2.75) is 44.4 Å². The van der Waals surface area contributed by atoms with E-state index in [1.807, 2.05) is 0 Å². The minimum atomic E-state index is -3.70. The minimum Gasteiger partial charge on any atom is -0.352 e. The molecule has 0 aromatic heterocycles. The maximum atomic E-state index is 12.8. The number of unbranched alkanes of at least 4 members (excludes halogenated alkanes) is 1. The van der Waals surface area contributed by atoms with Gasteiger partial charge in [0.1, 0.15) is 0 Å². The third-order valence-electron chi connectivity index (χ3n) is 5.06. The summed E-state index contributed by atoms with van der Waals surface area (Å²) >= 11 is 5.84. The highest BCUT2D eigenvalue weighted by atomic mass is 35.5. The molecule has 0 radical (unpaired) electrons. The molecular weight excluding hydrogens is 408 g/mol. The lowest BCUT2D eigenvalue weighted by Crippen LogP contribution is -2.29. The Balaban J connectivity index is 2.05. The van der Waals surface area contributed by atoms with E-state index in [2.05, 4.69) is 19.2 Å². The predicted molar refractivity (Wildman–Crippen MR) is 119 cm³/mol. The average Bonchev–Trinajstić information content (AvgIpc) is 2.73. The van der Waals surface area contributed by atoms with Gasteiger partial charge in [-0.15, -0.1) is 0 Å². The molecule has 158 valence electrons. The summed E-state index contributed by atoms with van der Waals surface area (Å²) in [5, 5.41) is 3.46. The van der Waals surface area contributed by atoms with E-state index in [1.165, 1.54) is 23.5 Å². The fourth-order valence-corrected chi connectivity index (χ4v) is 4.33. The Morgan fingerprint density at radius 3 is 2.24 bits per heavy atom. The number of carbonyl (C=O) groups is 1. The number of hydrogen-bond donors (Lipinski definition) is 1.